The van der Waals surface area contributed by atoms with E-state index >= 15 is 0 Å². The molecule has 0 amide bonds. The summed E-state index contributed by atoms with van der Waals surface area (Å²) in [7, 11) is 1.98. The van der Waals surface area contributed by atoms with Crippen molar-refractivity contribution in [2.75, 3.05) is 43.9 Å². The van der Waals surface area contributed by atoms with Crippen LogP contribution in [0.2, 0.25) is 0 Å². The number of rotatable bonds is 4. The molecule has 0 bridgehead atoms. The Morgan fingerprint density at radius 1 is 1.32 bits per heavy atom. The fraction of sp³-hybridized carbons (Fsp3) is 0.471. The van der Waals surface area contributed by atoms with Crippen LogP contribution in [0.25, 0.3) is 11.0 Å². The Morgan fingerprint density at radius 2 is 1.96 bits per heavy atom. The summed E-state index contributed by atoms with van der Waals surface area (Å²) >= 11 is 0. The number of carbonyl (C=O) groups is 1. The van der Waals surface area contributed by atoms with Gasteiger partial charge in [0.15, 0.2) is 17.2 Å². The first-order valence-electron chi connectivity index (χ1n) is 8.99. The van der Waals surface area contributed by atoms with Crippen LogP contribution < -0.4 is 16.1 Å². The Morgan fingerprint density at radius 3 is 2.50 bits per heavy atom. The van der Waals surface area contributed by atoms with Crippen LogP contribution in [-0.4, -0.2) is 63.7 Å². The number of anilines is 2. The van der Waals surface area contributed by atoms with E-state index in [0.717, 1.165) is 25.9 Å². The van der Waals surface area contributed by atoms with Crippen molar-refractivity contribution in [1.82, 2.24) is 14.5 Å². The molecular weight excluding hydrogens is 368 g/mol. The molecule has 1 aliphatic carbocycles. The second-order valence-corrected chi connectivity index (χ2v) is 7.26. The van der Waals surface area contributed by atoms with Crippen molar-refractivity contribution in [3.05, 3.63) is 32.1 Å². The number of fused-ring (bicyclic) bond motifs is 1. The first-order valence-corrected chi connectivity index (χ1v) is 8.99. The summed E-state index contributed by atoms with van der Waals surface area (Å²) in [6.45, 7) is 2.69. The van der Waals surface area contributed by atoms with Crippen molar-refractivity contribution >= 4 is 34.2 Å². The predicted molar refractivity (Wildman–Crippen MR) is 102 cm³/mol. The van der Waals surface area contributed by atoms with Gasteiger partial charge in [-0.3, -0.25) is 14.9 Å². The number of hydrogen-bond acceptors (Lipinski definition) is 8. The summed E-state index contributed by atoms with van der Waals surface area (Å²) in [4.78, 5) is 43.9. The van der Waals surface area contributed by atoms with E-state index in [4.69, 9.17) is 5.73 Å². The van der Waals surface area contributed by atoms with Crippen molar-refractivity contribution < 1.29 is 14.8 Å². The maximum atomic E-state index is 12.8. The SMILES string of the molecule is CN1CCN(c2nc3c(c([N+](=O)[O-])c2N)c(=O)c(C(=O)O)cn3C2CC2)CC1. The van der Waals surface area contributed by atoms with Crippen molar-refractivity contribution in [2.45, 2.75) is 18.9 Å². The average molecular weight is 388 g/mol. The summed E-state index contributed by atoms with van der Waals surface area (Å²) in [6.07, 6.45) is 2.83. The molecule has 3 N–H and O–H groups in total. The third-order valence-electron chi connectivity index (χ3n) is 5.31. The maximum Gasteiger partial charge on any atom is 0.341 e. The second kappa shape index (κ2) is 6.44. The van der Waals surface area contributed by atoms with E-state index in [-0.39, 0.29) is 28.6 Å². The Bertz CT molecular complexity index is 1050. The largest absolute Gasteiger partial charge is 0.477 e. The van der Waals surface area contributed by atoms with Crippen molar-refractivity contribution in [3.63, 3.8) is 0 Å². The van der Waals surface area contributed by atoms with E-state index in [1.165, 1.54) is 6.20 Å². The van der Waals surface area contributed by atoms with Gasteiger partial charge in [0.2, 0.25) is 5.43 Å². The minimum atomic E-state index is -1.43. The van der Waals surface area contributed by atoms with Gasteiger partial charge < -0.3 is 25.2 Å². The molecular formula is C17H20N6O5. The summed E-state index contributed by atoms with van der Waals surface area (Å²) in [5, 5.41) is 20.9. The van der Waals surface area contributed by atoms with Crippen molar-refractivity contribution in [2.24, 2.45) is 0 Å². The summed E-state index contributed by atoms with van der Waals surface area (Å²) in [5.41, 5.74) is 3.99. The van der Waals surface area contributed by atoms with Crippen molar-refractivity contribution in [1.29, 1.82) is 0 Å². The van der Waals surface area contributed by atoms with Gasteiger partial charge in [-0.05, 0) is 19.9 Å². The van der Waals surface area contributed by atoms with E-state index in [9.17, 15) is 24.8 Å². The Balaban J connectivity index is 2.04. The van der Waals surface area contributed by atoms with Crippen LogP contribution in [0.15, 0.2) is 11.0 Å². The van der Waals surface area contributed by atoms with E-state index < -0.39 is 27.6 Å². The summed E-state index contributed by atoms with van der Waals surface area (Å²) in [5.74, 6) is -1.17. The molecule has 28 heavy (non-hydrogen) atoms. The molecule has 2 fully saturated rings. The number of nitrogens with two attached hydrogens (primary N) is 1. The third-order valence-corrected chi connectivity index (χ3v) is 5.31. The molecule has 11 nitrogen and oxygen atoms in total. The minimum absolute atomic E-state index is 0.0303. The Kier molecular flexibility index (Phi) is 4.18. The second-order valence-electron chi connectivity index (χ2n) is 7.26. The monoisotopic (exact) mass is 388 g/mol. The molecule has 0 spiro atoms. The van der Waals surface area contributed by atoms with Gasteiger partial charge in [0.1, 0.15) is 10.9 Å². The highest BCUT2D eigenvalue weighted by Gasteiger charge is 2.34. The fourth-order valence-electron chi connectivity index (χ4n) is 3.58. The molecule has 0 aromatic carbocycles. The molecule has 3 heterocycles. The standard InChI is InChI=1S/C17H20N6O5/c1-20-4-6-21(7-5-20)16-12(18)13(23(27)28)11-14(24)10(17(25)26)8-22(9-2-3-9)15(11)19-16/h8-9H,2-7,18H2,1H3,(H,25,26). The zero-order valence-corrected chi connectivity index (χ0v) is 15.3. The van der Waals surface area contributed by atoms with Crippen LogP contribution in [0.1, 0.15) is 29.2 Å². The highest BCUT2D eigenvalue weighted by Crippen LogP contribution is 2.41. The maximum absolute atomic E-state index is 12.8. The molecule has 2 aliphatic rings. The lowest BCUT2D eigenvalue weighted by atomic mass is 10.1. The van der Waals surface area contributed by atoms with Crippen LogP contribution in [0, 0.1) is 10.1 Å². The van der Waals surface area contributed by atoms with Gasteiger partial charge in [-0.2, -0.15) is 0 Å². The van der Waals surface area contributed by atoms with Gasteiger partial charge in [0, 0.05) is 38.4 Å². The molecule has 0 radical (unpaired) electrons. The normalized spacial score (nSPS) is 17.8. The number of aromatic nitrogens is 2. The van der Waals surface area contributed by atoms with Crippen LogP contribution in [0.3, 0.4) is 0 Å². The first kappa shape index (κ1) is 18.2. The predicted octanol–water partition coefficient (Wildman–Crippen LogP) is 0.672. The number of hydrogen-bond donors (Lipinski definition) is 2. The smallest absolute Gasteiger partial charge is 0.341 e. The number of likely N-dealkylation sites (N-methyl/N-ethyl adjacent to an activating group) is 1. The molecule has 4 rings (SSSR count). The molecule has 1 saturated heterocycles. The van der Waals surface area contributed by atoms with Gasteiger partial charge in [0.05, 0.1) is 4.92 Å². The molecule has 1 saturated carbocycles. The summed E-state index contributed by atoms with van der Waals surface area (Å²) in [6, 6.07) is -0.0303. The van der Waals surface area contributed by atoms with Gasteiger partial charge in [-0.1, -0.05) is 0 Å². The number of aromatic carboxylic acids is 1. The van der Waals surface area contributed by atoms with Crippen LogP contribution in [0.5, 0.6) is 0 Å². The van der Waals surface area contributed by atoms with Gasteiger partial charge in [-0.15, -0.1) is 0 Å². The number of carboxylic acids is 1. The quantitative estimate of drug-likeness (QED) is 0.569. The van der Waals surface area contributed by atoms with E-state index in [1.54, 1.807) is 4.57 Å². The fourth-order valence-corrected chi connectivity index (χ4v) is 3.58. The lowest BCUT2D eigenvalue weighted by molar-refractivity contribution is -0.382. The lowest BCUT2D eigenvalue weighted by Crippen LogP contribution is -2.45. The number of nitro groups is 1. The van der Waals surface area contributed by atoms with Crippen LogP contribution in [-0.2, 0) is 0 Å². The van der Waals surface area contributed by atoms with E-state index in [0.29, 0.717) is 13.1 Å². The Hall–Kier alpha value is -3.21. The van der Waals surface area contributed by atoms with Crippen molar-refractivity contribution in [3.8, 4) is 0 Å². The molecule has 0 unspecified atom stereocenters. The molecule has 148 valence electrons. The van der Waals surface area contributed by atoms with E-state index in [2.05, 4.69) is 9.88 Å². The highest BCUT2D eigenvalue weighted by atomic mass is 16.6. The molecule has 11 heteroatoms. The lowest BCUT2D eigenvalue weighted by Gasteiger charge is -2.33. The van der Waals surface area contributed by atoms with Gasteiger partial charge in [-0.25, -0.2) is 9.78 Å². The summed E-state index contributed by atoms with van der Waals surface area (Å²) < 4.78 is 1.58. The topological polar surface area (TPSA) is 148 Å². The number of piperazine rings is 1. The number of nitrogen functional groups attached to an aromatic ring is 1. The van der Waals surface area contributed by atoms with Crippen LogP contribution >= 0.6 is 0 Å². The molecule has 2 aromatic heterocycles. The first-order chi connectivity index (χ1) is 13.3. The molecule has 2 aromatic rings. The zero-order valence-electron chi connectivity index (χ0n) is 15.3. The van der Waals surface area contributed by atoms with Gasteiger partial charge in [0.25, 0.3) is 0 Å². The number of nitrogens with zero attached hydrogens (tertiary/aromatic N) is 5. The number of pyridine rings is 2. The van der Waals surface area contributed by atoms with E-state index in [1.807, 2.05) is 11.9 Å². The van der Waals surface area contributed by atoms with Gasteiger partial charge >= 0.3 is 11.7 Å². The minimum Gasteiger partial charge on any atom is -0.477 e. The molecule has 0 atom stereocenters. The molecule has 1 aliphatic heterocycles. The number of carboxylic acid groups (broad SMARTS) is 1. The average Bonchev–Trinajstić information content (AvgIpc) is 3.47. The van der Waals surface area contributed by atoms with Crippen LogP contribution in [0.4, 0.5) is 17.2 Å². The third kappa shape index (κ3) is 2.83. The Labute approximate surface area is 159 Å². The highest BCUT2D eigenvalue weighted by molar-refractivity contribution is 6.00. The zero-order chi connectivity index (χ0) is 20.2.